The maximum absolute atomic E-state index is 10.3. The number of phenolic OH excluding ortho intramolecular Hbond substituents is 1. The van der Waals surface area contributed by atoms with Gasteiger partial charge in [-0.25, -0.2) is 0 Å². The second kappa shape index (κ2) is 4.51. The standard InChI is InChI=1S/C20H15NO3/c1-11-5-14-7-16-19-12(2)20-18(23-10-24-20)8-13(19)3-4-21(16)9-15(14)17(22)6-11/h3-9H,10H2,1-2H3/p+1. The summed E-state index contributed by atoms with van der Waals surface area (Å²) >= 11 is 0. The first-order valence-electron chi connectivity index (χ1n) is 7.92. The summed E-state index contributed by atoms with van der Waals surface area (Å²) in [5.41, 5.74) is 3.20. The molecule has 2 aromatic heterocycles. The molecule has 24 heavy (non-hydrogen) atoms. The van der Waals surface area contributed by atoms with Crippen molar-refractivity contribution in [1.29, 1.82) is 0 Å². The molecule has 0 unspecified atom stereocenters. The second-order valence-corrected chi connectivity index (χ2v) is 6.37. The van der Waals surface area contributed by atoms with Crippen molar-refractivity contribution in [2.45, 2.75) is 13.8 Å². The molecule has 5 rings (SSSR count). The Hall–Kier alpha value is -3.01. The number of aromatic hydroxyl groups is 1. The van der Waals surface area contributed by atoms with E-state index in [1.165, 1.54) is 0 Å². The smallest absolute Gasteiger partial charge is 0.231 e. The number of rotatable bonds is 0. The lowest BCUT2D eigenvalue weighted by atomic mass is 10.0. The summed E-state index contributed by atoms with van der Waals surface area (Å²) in [7, 11) is 0. The summed E-state index contributed by atoms with van der Waals surface area (Å²) in [6.45, 7) is 4.32. The van der Waals surface area contributed by atoms with Crippen molar-refractivity contribution in [3.8, 4) is 17.2 Å². The fourth-order valence-electron chi connectivity index (χ4n) is 3.69. The van der Waals surface area contributed by atoms with E-state index in [0.29, 0.717) is 5.75 Å². The van der Waals surface area contributed by atoms with E-state index in [1.54, 1.807) is 6.07 Å². The Labute approximate surface area is 138 Å². The maximum atomic E-state index is 10.3. The molecule has 0 atom stereocenters. The Morgan fingerprint density at radius 2 is 1.92 bits per heavy atom. The van der Waals surface area contributed by atoms with Crippen LogP contribution >= 0.6 is 0 Å². The van der Waals surface area contributed by atoms with Gasteiger partial charge in [0.1, 0.15) is 5.75 Å². The Morgan fingerprint density at radius 3 is 2.79 bits per heavy atom. The van der Waals surface area contributed by atoms with Gasteiger partial charge in [0, 0.05) is 17.7 Å². The summed E-state index contributed by atoms with van der Waals surface area (Å²) in [5, 5.41) is 14.4. The normalized spacial score (nSPS) is 13.2. The molecule has 0 spiro atoms. The van der Waals surface area contributed by atoms with E-state index in [9.17, 15) is 5.11 Å². The minimum atomic E-state index is 0.271. The molecular formula is C20H16NO3+. The molecule has 4 heteroatoms. The largest absolute Gasteiger partial charge is 0.507 e. The van der Waals surface area contributed by atoms with Crippen molar-refractivity contribution in [3.05, 3.63) is 53.9 Å². The highest BCUT2D eigenvalue weighted by Crippen LogP contribution is 2.41. The van der Waals surface area contributed by atoms with Gasteiger partial charge in [-0.1, -0.05) is 6.07 Å². The highest BCUT2D eigenvalue weighted by Gasteiger charge is 2.22. The van der Waals surface area contributed by atoms with Crippen molar-refractivity contribution >= 4 is 27.1 Å². The van der Waals surface area contributed by atoms with Crippen molar-refractivity contribution in [1.82, 2.24) is 0 Å². The van der Waals surface area contributed by atoms with Crippen molar-refractivity contribution in [3.63, 3.8) is 0 Å². The number of aryl methyl sites for hydroxylation is 2. The molecule has 0 saturated heterocycles. The molecule has 1 aliphatic heterocycles. The van der Waals surface area contributed by atoms with Gasteiger partial charge in [-0.15, -0.1) is 0 Å². The van der Waals surface area contributed by atoms with Gasteiger partial charge in [0.25, 0.3) is 0 Å². The quantitative estimate of drug-likeness (QED) is 0.305. The molecule has 0 amide bonds. The summed E-state index contributed by atoms with van der Waals surface area (Å²) in [6.07, 6.45) is 3.99. The van der Waals surface area contributed by atoms with Crippen LogP contribution in [0.5, 0.6) is 17.2 Å². The van der Waals surface area contributed by atoms with Gasteiger partial charge >= 0.3 is 0 Å². The number of pyridine rings is 2. The van der Waals surface area contributed by atoms with Crippen molar-refractivity contribution in [2.24, 2.45) is 0 Å². The zero-order chi connectivity index (χ0) is 16.4. The molecule has 0 radical (unpaired) electrons. The number of fused-ring (bicyclic) bond motifs is 5. The van der Waals surface area contributed by atoms with Crippen LogP contribution in [0.4, 0.5) is 0 Å². The molecule has 3 heterocycles. The van der Waals surface area contributed by atoms with Gasteiger partial charge in [0.05, 0.1) is 10.8 Å². The zero-order valence-electron chi connectivity index (χ0n) is 13.5. The number of hydrogen-bond acceptors (Lipinski definition) is 3. The van der Waals surface area contributed by atoms with Gasteiger partial charge in [-0.2, -0.15) is 4.40 Å². The van der Waals surface area contributed by atoms with E-state index in [2.05, 4.69) is 29.5 Å². The van der Waals surface area contributed by atoms with Crippen LogP contribution in [0, 0.1) is 13.8 Å². The fraction of sp³-hybridized carbons (Fsp3) is 0.150. The molecule has 1 aliphatic rings. The Bertz CT molecular complexity index is 1160. The number of nitrogens with zero attached hydrogens (tertiary/aromatic N) is 1. The van der Waals surface area contributed by atoms with Gasteiger partial charge in [0.2, 0.25) is 12.3 Å². The molecular weight excluding hydrogens is 302 g/mol. The van der Waals surface area contributed by atoms with E-state index in [4.69, 9.17) is 9.47 Å². The summed E-state index contributed by atoms with van der Waals surface area (Å²) in [6, 6.07) is 10.1. The number of aromatic nitrogens is 1. The molecule has 4 aromatic rings. The Balaban J connectivity index is 1.98. The fourth-order valence-corrected chi connectivity index (χ4v) is 3.69. The lowest BCUT2D eigenvalue weighted by Gasteiger charge is -2.08. The first kappa shape index (κ1) is 13.4. The second-order valence-electron chi connectivity index (χ2n) is 6.37. The summed E-state index contributed by atoms with van der Waals surface area (Å²) < 4.78 is 13.2. The van der Waals surface area contributed by atoms with Crippen molar-refractivity contribution < 1.29 is 19.0 Å². The van der Waals surface area contributed by atoms with E-state index in [-0.39, 0.29) is 6.79 Å². The van der Waals surface area contributed by atoms with Gasteiger partial charge < -0.3 is 14.6 Å². The van der Waals surface area contributed by atoms with Crippen LogP contribution in [0.1, 0.15) is 11.1 Å². The Morgan fingerprint density at radius 1 is 1.04 bits per heavy atom. The average molecular weight is 318 g/mol. The maximum Gasteiger partial charge on any atom is 0.231 e. The minimum absolute atomic E-state index is 0.271. The van der Waals surface area contributed by atoms with Crippen LogP contribution < -0.4 is 13.9 Å². The summed E-state index contributed by atoms with van der Waals surface area (Å²) in [5.74, 6) is 1.93. The van der Waals surface area contributed by atoms with Crippen LogP contribution in [0.2, 0.25) is 0 Å². The first-order valence-corrected chi connectivity index (χ1v) is 7.92. The Kier molecular flexibility index (Phi) is 2.52. The van der Waals surface area contributed by atoms with Gasteiger partial charge in [-0.05, 0) is 42.3 Å². The third-order valence-electron chi connectivity index (χ3n) is 4.78. The van der Waals surface area contributed by atoms with Crippen LogP contribution in [-0.4, -0.2) is 11.9 Å². The molecule has 118 valence electrons. The van der Waals surface area contributed by atoms with Crippen molar-refractivity contribution in [2.75, 3.05) is 6.79 Å². The van der Waals surface area contributed by atoms with E-state index >= 15 is 0 Å². The molecule has 0 aliphatic carbocycles. The summed E-state index contributed by atoms with van der Waals surface area (Å²) in [4.78, 5) is 0. The monoisotopic (exact) mass is 318 g/mol. The molecule has 0 fully saturated rings. The molecule has 1 N–H and O–H groups in total. The third-order valence-corrected chi connectivity index (χ3v) is 4.78. The zero-order valence-corrected chi connectivity index (χ0v) is 13.5. The van der Waals surface area contributed by atoms with Crippen LogP contribution in [-0.2, 0) is 0 Å². The molecule has 2 aromatic carbocycles. The highest BCUT2D eigenvalue weighted by atomic mass is 16.7. The molecule has 0 saturated carbocycles. The van der Waals surface area contributed by atoms with Crippen LogP contribution in [0.15, 0.2) is 42.7 Å². The third kappa shape index (κ3) is 1.71. The lowest BCUT2D eigenvalue weighted by Crippen LogP contribution is -2.20. The molecule has 4 nitrogen and oxygen atoms in total. The van der Waals surface area contributed by atoms with Crippen LogP contribution in [0.3, 0.4) is 0 Å². The van der Waals surface area contributed by atoms with E-state index < -0.39 is 0 Å². The van der Waals surface area contributed by atoms with Crippen LogP contribution in [0.25, 0.3) is 27.1 Å². The SMILES string of the molecule is Cc1cc(O)c2c[n+]3ccc4cc5c(c(C)c4c3cc2c1)OCO5. The number of phenols is 1. The predicted molar refractivity (Wildman–Crippen MR) is 91.9 cm³/mol. The van der Waals surface area contributed by atoms with Gasteiger partial charge in [-0.3, -0.25) is 0 Å². The lowest BCUT2D eigenvalue weighted by molar-refractivity contribution is -0.509. The highest BCUT2D eigenvalue weighted by molar-refractivity contribution is 6.02. The van der Waals surface area contributed by atoms with E-state index in [1.807, 2.05) is 25.4 Å². The molecule has 0 bridgehead atoms. The predicted octanol–water partition coefficient (Wildman–Crippen LogP) is 3.78. The minimum Gasteiger partial charge on any atom is -0.507 e. The number of benzene rings is 2. The van der Waals surface area contributed by atoms with Gasteiger partial charge in [0.15, 0.2) is 23.9 Å². The topological polar surface area (TPSA) is 42.8 Å². The first-order chi connectivity index (χ1) is 11.6. The van der Waals surface area contributed by atoms with E-state index in [0.717, 1.165) is 49.7 Å². The number of ether oxygens (including phenoxy) is 2. The average Bonchev–Trinajstić information content (AvgIpc) is 3.02. The number of hydrogen-bond donors (Lipinski definition) is 1.